The molecule has 1 amide bonds. The van der Waals surface area contributed by atoms with Crippen molar-refractivity contribution in [2.24, 2.45) is 0 Å². The van der Waals surface area contributed by atoms with E-state index >= 15 is 0 Å². The lowest BCUT2D eigenvalue weighted by molar-refractivity contribution is -0.118. The quantitative estimate of drug-likeness (QED) is 0.864. The zero-order valence-electron chi connectivity index (χ0n) is 12.3. The normalized spacial score (nSPS) is 14.2. The minimum atomic E-state index is 0.0954. The molecule has 0 unspecified atom stereocenters. The summed E-state index contributed by atoms with van der Waals surface area (Å²) in [6.45, 7) is 4.21. The number of imidazole rings is 1. The number of amides is 1. The van der Waals surface area contributed by atoms with Crippen LogP contribution in [-0.2, 0) is 4.79 Å². The Morgan fingerprint density at radius 3 is 3.00 bits per heavy atom. The fourth-order valence-electron chi connectivity index (χ4n) is 2.20. The SMILES string of the molecule is Cc1cccc(-n2ccnc2SCC(=O)NC2CC2)c1C. The van der Waals surface area contributed by atoms with Gasteiger partial charge in [0.15, 0.2) is 5.16 Å². The average molecular weight is 301 g/mol. The lowest BCUT2D eigenvalue weighted by Crippen LogP contribution is -2.27. The molecule has 0 bridgehead atoms. The molecule has 0 radical (unpaired) electrons. The summed E-state index contributed by atoms with van der Waals surface area (Å²) in [4.78, 5) is 16.2. The predicted molar refractivity (Wildman–Crippen MR) is 84.9 cm³/mol. The maximum atomic E-state index is 11.8. The molecule has 1 aromatic carbocycles. The molecular formula is C16H19N3OS. The van der Waals surface area contributed by atoms with Crippen molar-refractivity contribution in [3.8, 4) is 5.69 Å². The maximum absolute atomic E-state index is 11.8. The number of aromatic nitrogens is 2. The second kappa shape index (κ2) is 5.93. The van der Waals surface area contributed by atoms with E-state index in [9.17, 15) is 4.79 Å². The fourth-order valence-corrected chi connectivity index (χ4v) is 2.98. The Bertz CT molecular complexity index is 661. The molecule has 2 aromatic rings. The highest BCUT2D eigenvalue weighted by Crippen LogP contribution is 2.24. The van der Waals surface area contributed by atoms with Gasteiger partial charge in [0.05, 0.1) is 11.4 Å². The second-order valence-corrected chi connectivity index (χ2v) is 6.37. The van der Waals surface area contributed by atoms with Crippen LogP contribution in [-0.4, -0.2) is 27.3 Å². The second-order valence-electron chi connectivity index (χ2n) is 5.43. The van der Waals surface area contributed by atoms with Gasteiger partial charge in [0.1, 0.15) is 0 Å². The molecule has 0 atom stereocenters. The molecule has 1 aromatic heterocycles. The van der Waals surface area contributed by atoms with Crippen LogP contribution in [0.3, 0.4) is 0 Å². The zero-order chi connectivity index (χ0) is 14.8. The van der Waals surface area contributed by atoms with Gasteiger partial charge in [-0.2, -0.15) is 0 Å². The Hall–Kier alpha value is -1.75. The number of benzene rings is 1. The van der Waals surface area contributed by atoms with Crippen molar-refractivity contribution in [3.05, 3.63) is 41.7 Å². The molecule has 1 fully saturated rings. The number of hydrogen-bond acceptors (Lipinski definition) is 3. The summed E-state index contributed by atoms with van der Waals surface area (Å²) < 4.78 is 2.05. The summed E-state index contributed by atoms with van der Waals surface area (Å²) in [7, 11) is 0. The van der Waals surface area contributed by atoms with E-state index in [1.54, 1.807) is 6.20 Å². The van der Waals surface area contributed by atoms with Crippen LogP contribution in [0.5, 0.6) is 0 Å². The Morgan fingerprint density at radius 1 is 1.43 bits per heavy atom. The lowest BCUT2D eigenvalue weighted by Gasteiger charge is -2.12. The van der Waals surface area contributed by atoms with Gasteiger partial charge in [0.2, 0.25) is 5.91 Å². The van der Waals surface area contributed by atoms with Gasteiger partial charge in [0, 0.05) is 18.4 Å². The molecule has 21 heavy (non-hydrogen) atoms. The van der Waals surface area contributed by atoms with Crippen molar-refractivity contribution in [3.63, 3.8) is 0 Å². The van der Waals surface area contributed by atoms with Gasteiger partial charge < -0.3 is 5.32 Å². The Morgan fingerprint density at radius 2 is 2.24 bits per heavy atom. The smallest absolute Gasteiger partial charge is 0.230 e. The largest absolute Gasteiger partial charge is 0.353 e. The third kappa shape index (κ3) is 3.29. The summed E-state index contributed by atoms with van der Waals surface area (Å²) in [5, 5.41) is 3.86. The van der Waals surface area contributed by atoms with Gasteiger partial charge in [-0.15, -0.1) is 0 Å². The van der Waals surface area contributed by atoms with Gasteiger partial charge in [-0.05, 0) is 43.9 Å². The molecular weight excluding hydrogens is 282 g/mol. The van der Waals surface area contributed by atoms with E-state index in [0.717, 1.165) is 23.7 Å². The van der Waals surface area contributed by atoms with Gasteiger partial charge in [-0.1, -0.05) is 23.9 Å². The third-order valence-electron chi connectivity index (χ3n) is 3.72. The molecule has 0 spiro atoms. The van der Waals surface area contributed by atoms with Crippen LogP contribution >= 0.6 is 11.8 Å². The van der Waals surface area contributed by atoms with Crippen molar-refractivity contribution in [2.75, 3.05) is 5.75 Å². The van der Waals surface area contributed by atoms with Crippen molar-refractivity contribution in [2.45, 2.75) is 37.9 Å². The Labute approximate surface area is 129 Å². The van der Waals surface area contributed by atoms with Crippen molar-refractivity contribution < 1.29 is 4.79 Å². The van der Waals surface area contributed by atoms with Crippen LogP contribution in [0.15, 0.2) is 35.7 Å². The highest BCUT2D eigenvalue weighted by atomic mass is 32.2. The standard InChI is InChI=1S/C16H19N3OS/c1-11-4-3-5-14(12(11)2)19-9-8-17-16(19)21-10-15(20)18-13-6-7-13/h3-5,8-9,13H,6-7,10H2,1-2H3,(H,18,20). The first-order valence-corrected chi connectivity index (χ1v) is 8.16. The first kappa shape index (κ1) is 14.2. The molecule has 1 heterocycles. The minimum Gasteiger partial charge on any atom is -0.353 e. The summed E-state index contributed by atoms with van der Waals surface area (Å²) in [6, 6.07) is 6.65. The van der Waals surface area contributed by atoms with E-state index in [1.165, 1.54) is 22.9 Å². The van der Waals surface area contributed by atoms with Crippen molar-refractivity contribution in [1.29, 1.82) is 0 Å². The van der Waals surface area contributed by atoms with E-state index in [2.05, 4.69) is 40.8 Å². The highest BCUT2D eigenvalue weighted by Gasteiger charge is 2.23. The third-order valence-corrected chi connectivity index (χ3v) is 4.68. The molecule has 3 rings (SSSR count). The number of aryl methyl sites for hydroxylation is 1. The number of carbonyl (C=O) groups excluding carboxylic acids is 1. The number of nitrogens with one attached hydrogen (secondary N) is 1. The zero-order valence-corrected chi connectivity index (χ0v) is 13.1. The summed E-state index contributed by atoms with van der Waals surface area (Å²) >= 11 is 1.48. The van der Waals surface area contributed by atoms with Crippen LogP contribution < -0.4 is 5.32 Å². The molecule has 4 nitrogen and oxygen atoms in total. The van der Waals surface area contributed by atoms with E-state index in [1.807, 2.05) is 12.3 Å². The minimum absolute atomic E-state index is 0.0954. The van der Waals surface area contributed by atoms with Crippen LogP contribution in [0.1, 0.15) is 24.0 Å². The van der Waals surface area contributed by atoms with Crippen LogP contribution in [0, 0.1) is 13.8 Å². The Balaban J connectivity index is 1.74. The molecule has 1 aliphatic carbocycles. The Kier molecular flexibility index (Phi) is 4.01. The topological polar surface area (TPSA) is 46.9 Å². The number of rotatable bonds is 5. The lowest BCUT2D eigenvalue weighted by atomic mass is 10.1. The first-order valence-electron chi connectivity index (χ1n) is 7.17. The molecule has 0 aliphatic heterocycles. The monoisotopic (exact) mass is 301 g/mol. The number of hydrogen-bond donors (Lipinski definition) is 1. The molecule has 0 saturated heterocycles. The van der Waals surface area contributed by atoms with Gasteiger partial charge in [-0.3, -0.25) is 9.36 Å². The highest BCUT2D eigenvalue weighted by molar-refractivity contribution is 7.99. The van der Waals surface area contributed by atoms with E-state index < -0.39 is 0 Å². The van der Waals surface area contributed by atoms with Crippen molar-refractivity contribution >= 4 is 17.7 Å². The summed E-state index contributed by atoms with van der Waals surface area (Å²) in [5.74, 6) is 0.510. The summed E-state index contributed by atoms with van der Waals surface area (Å²) in [6.07, 6.45) is 5.97. The van der Waals surface area contributed by atoms with Crippen LogP contribution in [0.4, 0.5) is 0 Å². The first-order chi connectivity index (χ1) is 10.1. The van der Waals surface area contributed by atoms with E-state index in [4.69, 9.17) is 0 Å². The number of carbonyl (C=O) groups is 1. The maximum Gasteiger partial charge on any atom is 0.230 e. The van der Waals surface area contributed by atoms with E-state index in [0.29, 0.717) is 11.8 Å². The molecule has 1 N–H and O–H groups in total. The molecule has 110 valence electrons. The fraction of sp³-hybridized carbons (Fsp3) is 0.375. The molecule has 1 aliphatic rings. The average Bonchev–Trinajstić information content (AvgIpc) is 3.15. The van der Waals surface area contributed by atoms with Crippen molar-refractivity contribution in [1.82, 2.24) is 14.9 Å². The van der Waals surface area contributed by atoms with Gasteiger partial charge in [-0.25, -0.2) is 4.98 Å². The molecule has 5 heteroatoms. The number of thioether (sulfide) groups is 1. The predicted octanol–water partition coefficient (Wildman–Crippen LogP) is 2.86. The van der Waals surface area contributed by atoms with Gasteiger partial charge >= 0.3 is 0 Å². The van der Waals surface area contributed by atoms with Gasteiger partial charge in [0.25, 0.3) is 0 Å². The number of nitrogens with zero attached hydrogens (tertiary/aromatic N) is 2. The van der Waals surface area contributed by atoms with Crippen LogP contribution in [0.2, 0.25) is 0 Å². The molecule has 1 saturated carbocycles. The van der Waals surface area contributed by atoms with Crippen LogP contribution in [0.25, 0.3) is 5.69 Å². The summed E-state index contributed by atoms with van der Waals surface area (Å²) in [5.41, 5.74) is 3.61. The van der Waals surface area contributed by atoms with E-state index in [-0.39, 0.29) is 5.91 Å².